The van der Waals surface area contributed by atoms with E-state index < -0.39 is 0 Å². The van der Waals surface area contributed by atoms with E-state index >= 15 is 0 Å². The molecule has 0 unspecified atom stereocenters. The SMILES string of the molecule is Cc1nccc(N2CCN(c3ccc4ncncc4c3)CC2)n1. The van der Waals surface area contributed by atoms with Gasteiger partial charge < -0.3 is 9.80 Å². The summed E-state index contributed by atoms with van der Waals surface area (Å²) >= 11 is 0. The van der Waals surface area contributed by atoms with Gasteiger partial charge in [0.15, 0.2) is 0 Å². The maximum absolute atomic E-state index is 4.52. The first-order valence-corrected chi connectivity index (χ1v) is 7.79. The lowest BCUT2D eigenvalue weighted by molar-refractivity contribution is 0.646. The van der Waals surface area contributed by atoms with Crippen LogP contribution in [0.25, 0.3) is 10.9 Å². The first kappa shape index (κ1) is 13.9. The van der Waals surface area contributed by atoms with Gasteiger partial charge in [0.2, 0.25) is 0 Å². The first-order chi connectivity index (χ1) is 11.3. The van der Waals surface area contributed by atoms with Gasteiger partial charge in [0.1, 0.15) is 18.0 Å². The van der Waals surface area contributed by atoms with E-state index in [1.54, 1.807) is 6.33 Å². The van der Waals surface area contributed by atoms with E-state index in [-0.39, 0.29) is 0 Å². The monoisotopic (exact) mass is 306 g/mol. The van der Waals surface area contributed by atoms with Crippen molar-refractivity contribution in [2.45, 2.75) is 6.92 Å². The molecule has 0 bridgehead atoms. The van der Waals surface area contributed by atoms with E-state index in [4.69, 9.17) is 0 Å². The molecule has 3 heterocycles. The van der Waals surface area contributed by atoms with E-state index in [0.717, 1.165) is 48.7 Å². The molecule has 3 aromatic rings. The lowest BCUT2D eigenvalue weighted by atomic mass is 10.2. The molecule has 116 valence electrons. The maximum Gasteiger partial charge on any atom is 0.132 e. The maximum atomic E-state index is 4.52. The summed E-state index contributed by atoms with van der Waals surface area (Å²) in [5, 5.41) is 1.08. The molecule has 0 atom stereocenters. The van der Waals surface area contributed by atoms with E-state index in [1.807, 2.05) is 25.4 Å². The van der Waals surface area contributed by atoms with Crippen molar-refractivity contribution in [2.24, 2.45) is 0 Å². The molecule has 1 saturated heterocycles. The van der Waals surface area contributed by atoms with Crippen molar-refractivity contribution in [2.75, 3.05) is 36.0 Å². The zero-order valence-electron chi connectivity index (χ0n) is 13.1. The van der Waals surface area contributed by atoms with Gasteiger partial charge in [-0.2, -0.15) is 0 Å². The van der Waals surface area contributed by atoms with Crippen LogP contribution in [0.2, 0.25) is 0 Å². The van der Waals surface area contributed by atoms with Crippen molar-refractivity contribution in [3.05, 3.63) is 48.8 Å². The van der Waals surface area contributed by atoms with Gasteiger partial charge in [0.05, 0.1) is 5.52 Å². The van der Waals surface area contributed by atoms with Crippen LogP contribution in [0.1, 0.15) is 5.82 Å². The van der Waals surface area contributed by atoms with Crippen molar-refractivity contribution in [1.82, 2.24) is 19.9 Å². The van der Waals surface area contributed by atoms with Crippen molar-refractivity contribution in [1.29, 1.82) is 0 Å². The van der Waals surface area contributed by atoms with Gasteiger partial charge in [-0.15, -0.1) is 0 Å². The minimum absolute atomic E-state index is 0.819. The number of hydrogen-bond acceptors (Lipinski definition) is 6. The minimum atomic E-state index is 0.819. The highest BCUT2D eigenvalue weighted by Gasteiger charge is 2.18. The topological polar surface area (TPSA) is 58.0 Å². The average molecular weight is 306 g/mol. The molecule has 1 fully saturated rings. The summed E-state index contributed by atoms with van der Waals surface area (Å²) in [5.74, 6) is 1.84. The normalized spacial score (nSPS) is 15.2. The van der Waals surface area contributed by atoms with Crippen LogP contribution in [-0.2, 0) is 0 Å². The molecule has 0 spiro atoms. The second kappa shape index (κ2) is 5.79. The Morgan fingerprint density at radius 2 is 1.78 bits per heavy atom. The Labute approximate surface area is 134 Å². The average Bonchev–Trinajstić information content (AvgIpc) is 2.61. The second-order valence-electron chi connectivity index (χ2n) is 5.70. The van der Waals surface area contributed by atoms with Gasteiger partial charge in [0, 0.05) is 49.6 Å². The van der Waals surface area contributed by atoms with Crippen LogP contribution >= 0.6 is 0 Å². The molecule has 1 aromatic carbocycles. The van der Waals surface area contributed by atoms with Gasteiger partial charge in [-0.1, -0.05) is 0 Å². The fraction of sp³-hybridized carbons (Fsp3) is 0.294. The second-order valence-corrected chi connectivity index (χ2v) is 5.70. The molecular formula is C17H18N6. The predicted octanol–water partition coefficient (Wildman–Crippen LogP) is 2.05. The van der Waals surface area contributed by atoms with Crippen LogP contribution in [0.5, 0.6) is 0 Å². The van der Waals surface area contributed by atoms with Crippen LogP contribution < -0.4 is 9.80 Å². The quantitative estimate of drug-likeness (QED) is 0.722. The Hall–Kier alpha value is -2.76. The number of hydrogen-bond donors (Lipinski definition) is 0. The Morgan fingerprint density at radius 1 is 0.957 bits per heavy atom. The number of aryl methyl sites for hydroxylation is 1. The van der Waals surface area contributed by atoms with Crippen LogP contribution in [-0.4, -0.2) is 46.1 Å². The number of aromatic nitrogens is 4. The van der Waals surface area contributed by atoms with Crippen molar-refractivity contribution in [3.63, 3.8) is 0 Å². The minimum Gasteiger partial charge on any atom is -0.368 e. The van der Waals surface area contributed by atoms with Gasteiger partial charge in [-0.25, -0.2) is 19.9 Å². The molecule has 2 aromatic heterocycles. The number of anilines is 2. The van der Waals surface area contributed by atoms with Crippen molar-refractivity contribution < 1.29 is 0 Å². The van der Waals surface area contributed by atoms with Crippen LogP contribution in [0, 0.1) is 6.92 Å². The Morgan fingerprint density at radius 3 is 2.61 bits per heavy atom. The number of nitrogens with zero attached hydrogens (tertiary/aromatic N) is 6. The molecule has 0 radical (unpaired) electrons. The van der Waals surface area contributed by atoms with Crippen LogP contribution in [0.3, 0.4) is 0 Å². The third-order valence-corrected chi connectivity index (χ3v) is 4.22. The summed E-state index contributed by atoms with van der Waals surface area (Å²) in [6.45, 7) is 5.79. The number of fused-ring (bicyclic) bond motifs is 1. The fourth-order valence-electron chi connectivity index (χ4n) is 2.98. The highest BCUT2D eigenvalue weighted by Crippen LogP contribution is 2.22. The molecule has 0 aliphatic carbocycles. The van der Waals surface area contributed by atoms with Gasteiger partial charge >= 0.3 is 0 Å². The summed E-state index contributed by atoms with van der Waals surface area (Å²) in [6.07, 6.45) is 5.28. The van der Waals surface area contributed by atoms with Gasteiger partial charge in [0.25, 0.3) is 0 Å². The molecule has 4 rings (SSSR count). The lowest BCUT2D eigenvalue weighted by Crippen LogP contribution is -2.46. The third-order valence-electron chi connectivity index (χ3n) is 4.22. The lowest BCUT2D eigenvalue weighted by Gasteiger charge is -2.36. The van der Waals surface area contributed by atoms with Crippen molar-refractivity contribution >= 4 is 22.4 Å². The molecule has 6 heteroatoms. The zero-order chi connectivity index (χ0) is 15.6. The summed E-state index contributed by atoms with van der Waals surface area (Å²) in [4.78, 5) is 21.8. The van der Waals surface area contributed by atoms with E-state index in [2.05, 4.69) is 47.9 Å². The molecule has 0 N–H and O–H groups in total. The van der Waals surface area contributed by atoms with Crippen LogP contribution in [0.15, 0.2) is 43.0 Å². The van der Waals surface area contributed by atoms with E-state index in [0.29, 0.717) is 0 Å². The molecule has 0 amide bonds. The smallest absolute Gasteiger partial charge is 0.132 e. The summed E-state index contributed by atoms with van der Waals surface area (Å²) < 4.78 is 0. The number of rotatable bonds is 2. The summed E-state index contributed by atoms with van der Waals surface area (Å²) in [6, 6.07) is 8.35. The predicted molar refractivity (Wildman–Crippen MR) is 90.7 cm³/mol. The molecule has 0 saturated carbocycles. The van der Waals surface area contributed by atoms with Gasteiger partial charge in [-0.05, 0) is 31.2 Å². The molecule has 1 aliphatic rings. The molecule has 23 heavy (non-hydrogen) atoms. The highest BCUT2D eigenvalue weighted by atomic mass is 15.3. The van der Waals surface area contributed by atoms with E-state index in [9.17, 15) is 0 Å². The molecule has 6 nitrogen and oxygen atoms in total. The third kappa shape index (κ3) is 2.79. The first-order valence-electron chi connectivity index (χ1n) is 7.79. The standard InChI is InChI=1S/C17H18N6/c1-13-19-5-4-17(21-13)23-8-6-22(7-9-23)15-2-3-16-14(10-15)11-18-12-20-16/h2-5,10-12H,6-9H2,1H3. The summed E-state index contributed by atoms with van der Waals surface area (Å²) in [5.41, 5.74) is 2.21. The largest absolute Gasteiger partial charge is 0.368 e. The summed E-state index contributed by atoms with van der Waals surface area (Å²) in [7, 11) is 0. The highest BCUT2D eigenvalue weighted by molar-refractivity contribution is 5.81. The van der Waals surface area contributed by atoms with E-state index in [1.165, 1.54) is 5.69 Å². The number of benzene rings is 1. The Kier molecular flexibility index (Phi) is 3.49. The van der Waals surface area contributed by atoms with Gasteiger partial charge in [-0.3, -0.25) is 0 Å². The Bertz CT molecular complexity index is 826. The number of piperazine rings is 1. The molecular weight excluding hydrogens is 288 g/mol. The Balaban J connectivity index is 1.50. The van der Waals surface area contributed by atoms with Crippen LogP contribution in [0.4, 0.5) is 11.5 Å². The fourth-order valence-corrected chi connectivity index (χ4v) is 2.98. The van der Waals surface area contributed by atoms with Crippen molar-refractivity contribution in [3.8, 4) is 0 Å². The zero-order valence-corrected chi connectivity index (χ0v) is 13.1. The molecule has 1 aliphatic heterocycles.